The van der Waals surface area contributed by atoms with E-state index in [-0.39, 0.29) is 6.79 Å². The number of hydrogen-bond acceptors (Lipinski definition) is 4. The lowest BCUT2D eigenvalue weighted by Gasteiger charge is -1.90. The normalized spacial score (nSPS) is 9.86. The van der Waals surface area contributed by atoms with Gasteiger partial charge in [0.2, 0.25) is 0 Å². The van der Waals surface area contributed by atoms with Crippen LogP contribution in [0.25, 0.3) is 0 Å². The molecule has 5 heteroatoms. The zero-order valence-corrected chi connectivity index (χ0v) is 4.43. The molecule has 4 nitrogen and oxygen atoms in total. The maximum Gasteiger partial charge on any atom is 0.329 e. The molecule has 0 aromatic heterocycles. The van der Waals surface area contributed by atoms with E-state index >= 15 is 0 Å². The predicted molar refractivity (Wildman–Crippen MR) is 21.7 cm³/mol. The van der Waals surface area contributed by atoms with E-state index < -0.39 is 15.5 Å². The van der Waals surface area contributed by atoms with Crippen LogP contribution in [0.2, 0.25) is 0 Å². The number of aliphatic hydroxyl groups is 1. The van der Waals surface area contributed by atoms with Gasteiger partial charge in [0, 0.05) is 0 Å². The third-order valence-electron chi connectivity index (χ3n) is 0.280. The number of hydrogen-bond donors (Lipinski definition) is 1. The Labute approximate surface area is 42.3 Å². The molecular formula is C2H5O4P. The van der Waals surface area contributed by atoms with Crippen molar-refractivity contribution >= 4 is 8.69 Å². The second kappa shape index (κ2) is 5.98. The van der Waals surface area contributed by atoms with Crippen molar-refractivity contribution in [3.05, 3.63) is 0 Å². The van der Waals surface area contributed by atoms with Crippen LogP contribution in [0.1, 0.15) is 0 Å². The Bertz CT molecular complexity index is 47.0. The first-order valence-electron chi connectivity index (χ1n) is 1.55. The molecule has 7 heavy (non-hydrogen) atoms. The third kappa shape index (κ3) is 5.98. The van der Waals surface area contributed by atoms with E-state index in [2.05, 4.69) is 9.26 Å². The molecule has 0 heterocycles. The van der Waals surface area contributed by atoms with Gasteiger partial charge in [-0.3, -0.25) is 4.52 Å². The first kappa shape index (κ1) is 6.98. The number of aliphatic hydroxyl groups excluding tert-OH is 1. The first-order chi connectivity index (χ1) is 3.41. The quantitative estimate of drug-likeness (QED) is 0.329. The van der Waals surface area contributed by atoms with Gasteiger partial charge in [-0.1, -0.05) is 0 Å². The Balaban J connectivity index is 2.56. The van der Waals surface area contributed by atoms with Crippen molar-refractivity contribution in [3.8, 4) is 0 Å². The molecule has 0 unspecified atom stereocenters. The molecule has 0 rings (SSSR count). The fraction of sp³-hybridized carbons (Fsp3) is 1.00. The molecular weight excluding hydrogens is 119 g/mol. The fourth-order valence-electron chi connectivity index (χ4n) is 0.0961. The minimum Gasteiger partial charge on any atom is -0.371 e. The van der Waals surface area contributed by atoms with Crippen molar-refractivity contribution in [1.82, 2.24) is 0 Å². The molecule has 0 amide bonds. The Morgan fingerprint density at radius 1 is 1.71 bits per heavy atom. The average Bonchev–Trinajstić information content (AvgIpc) is 1.69. The molecule has 0 saturated carbocycles. The molecule has 0 spiro atoms. The lowest BCUT2D eigenvalue weighted by atomic mass is 11.4. The lowest BCUT2D eigenvalue weighted by Crippen LogP contribution is -1.93. The van der Waals surface area contributed by atoms with Gasteiger partial charge < -0.3 is 9.84 Å². The molecule has 0 atom stereocenters. The second-order valence-corrected chi connectivity index (χ2v) is 1.06. The molecule has 0 aliphatic carbocycles. The van der Waals surface area contributed by atoms with Gasteiger partial charge in [0.15, 0.2) is 6.79 Å². The fourth-order valence-corrected chi connectivity index (χ4v) is 0.214. The zero-order chi connectivity index (χ0) is 5.54. The minimum atomic E-state index is -0.432. The average molecular weight is 124 g/mol. The maximum absolute atomic E-state index is 9.39. The summed E-state index contributed by atoms with van der Waals surface area (Å²) in [7, 11) is -0.432. The maximum atomic E-state index is 9.39. The molecule has 0 aliphatic rings. The van der Waals surface area contributed by atoms with Gasteiger partial charge in [-0.05, 0) is 0 Å². The molecule has 0 aromatic carbocycles. The van der Waals surface area contributed by atoms with Crippen LogP contribution in [0, 0.1) is 0 Å². The van der Waals surface area contributed by atoms with Crippen LogP contribution in [-0.4, -0.2) is 18.7 Å². The highest BCUT2D eigenvalue weighted by Gasteiger charge is 1.78. The van der Waals surface area contributed by atoms with Crippen LogP contribution in [0.15, 0.2) is 0 Å². The van der Waals surface area contributed by atoms with Crippen molar-refractivity contribution in [2.75, 3.05) is 13.6 Å². The van der Waals surface area contributed by atoms with Crippen molar-refractivity contribution in [1.29, 1.82) is 0 Å². The Morgan fingerprint density at radius 3 is 2.86 bits per heavy atom. The van der Waals surface area contributed by atoms with Gasteiger partial charge in [-0.2, -0.15) is 0 Å². The molecule has 0 bridgehead atoms. The summed E-state index contributed by atoms with van der Waals surface area (Å²) in [5.74, 6) is 0. The van der Waals surface area contributed by atoms with Gasteiger partial charge in [0.1, 0.15) is 6.79 Å². The van der Waals surface area contributed by atoms with E-state index in [1.54, 1.807) is 0 Å². The SMILES string of the molecule is O=POCOCO. The predicted octanol–water partition coefficient (Wildman–Crippen LogP) is 0.134. The Hall–Kier alpha value is -0.0200. The van der Waals surface area contributed by atoms with Gasteiger partial charge >= 0.3 is 8.69 Å². The van der Waals surface area contributed by atoms with Crippen LogP contribution in [0.4, 0.5) is 0 Å². The highest BCUT2D eigenvalue weighted by Crippen LogP contribution is 1.91. The molecule has 1 N–H and O–H groups in total. The molecule has 0 fully saturated rings. The standard InChI is InChI=1S/C2H5O4P/c3-1-5-2-6-7-4/h3H,1-2H2. The summed E-state index contributed by atoms with van der Waals surface area (Å²) in [4.78, 5) is 0. The van der Waals surface area contributed by atoms with E-state index in [0.717, 1.165) is 0 Å². The Kier molecular flexibility index (Phi) is 5.96. The largest absolute Gasteiger partial charge is 0.371 e. The van der Waals surface area contributed by atoms with Crippen LogP contribution < -0.4 is 0 Å². The van der Waals surface area contributed by atoms with Crippen molar-refractivity contribution < 1.29 is 18.9 Å². The van der Waals surface area contributed by atoms with Crippen LogP contribution in [0.3, 0.4) is 0 Å². The van der Waals surface area contributed by atoms with E-state index in [4.69, 9.17) is 5.11 Å². The van der Waals surface area contributed by atoms with Gasteiger partial charge in [0.05, 0.1) is 0 Å². The first-order valence-corrected chi connectivity index (χ1v) is 2.28. The summed E-state index contributed by atoms with van der Waals surface area (Å²) in [5.41, 5.74) is 0. The molecule has 0 aliphatic heterocycles. The van der Waals surface area contributed by atoms with Crippen LogP contribution >= 0.6 is 8.69 Å². The Morgan fingerprint density at radius 2 is 2.43 bits per heavy atom. The molecule has 0 saturated heterocycles. The zero-order valence-electron chi connectivity index (χ0n) is 3.53. The summed E-state index contributed by atoms with van der Waals surface area (Å²) in [5, 5.41) is 7.89. The monoisotopic (exact) mass is 124 g/mol. The van der Waals surface area contributed by atoms with E-state index in [1.165, 1.54) is 0 Å². The summed E-state index contributed by atoms with van der Waals surface area (Å²) < 4.78 is 17.7. The number of rotatable bonds is 4. The van der Waals surface area contributed by atoms with Crippen LogP contribution in [-0.2, 0) is 13.8 Å². The lowest BCUT2D eigenvalue weighted by molar-refractivity contribution is -0.0612. The van der Waals surface area contributed by atoms with Gasteiger partial charge in [0.25, 0.3) is 0 Å². The van der Waals surface area contributed by atoms with E-state index in [0.29, 0.717) is 0 Å². The van der Waals surface area contributed by atoms with Crippen LogP contribution in [0.5, 0.6) is 0 Å². The summed E-state index contributed by atoms with van der Waals surface area (Å²) in [6.45, 7) is -0.545. The summed E-state index contributed by atoms with van der Waals surface area (Å²) in [6.07, 6.45) is 0. The molecule has 42 valence electrons. The van der Waals surface area contributed by atoms with Crippen molar-refractivity contribution in [2.45, 2.75) is 0 Å². The van der Waals surface area contributed by atoms with Crippen molar-refractivity contribution in [3.63, 3.8) is 0 Å². The highest BCUT2D eigenvalue weighted by molar-refractivity contribution is 7.17. The topological polar surface area (TPSA) is 55.8 Å². The third-order valence-corrected chi connectivity index (χ3v) is 0.491. The van der Waals surface area contributed by atoms with E-state index in [9.17, 15) is 4.57 Å². The van der Waals surface area contributed by atoms with Gasteiger partial charge in [-0.25, -0.2) is 4.57 Å². The van der Waals surface area contributed by atoms with E-state index in [1.807, 2.05) is 0 Å². The molecule has 0 aromatic rings. The smallest absolute Gasteiger partial charge is 0.329 e. The second-order valence-electron chi connectivity index (χ2n) is 0.655. The molecule has 0 radical (unpaired) electrons. The summed E-state index contributed by atoms with van der Waals surface area (Å²) >= 11 is 0. The van der Waals surface area contributed by atoms with Gasteiger partial charge in [-0.15, -0.1) is 0 Å². The highest BCUT2D eigenvalue weighted by atomic mass is 31.1. The number of ether oxygens (including phenoxy) is 1. The van der Waals surface area contributed by atoms with Crippen molar-refractivity contribution in [2.24, 2.45) is 0 Å². The minimum absolute atomic E-state index is 0.137. The summed E-state index contributed by atoms with van der Waals surface area (Å²) in [6, 6.07) is 0.